The number of methoxy groups -OCH3 is 1. The molecule has 0 fully saturated rings. The lowest BCUT2D eigenvalue weighted by atomic mass is 10.2. The highest BCUT2D eigenvalue weighted by Gasteiger charge is 2.14. The molecule has 1 heterocycles. The SMILES string of the molecule is COc1ccccc1C(=O)NCc1nc2ccccc2n1CCCCOc1ccc(Cl)cc1. The van der Waals surface area contributed by atoms with Gasteiger partial charge in [0.25, 0.3) is 5.91 Å². The predicted octanol–water partition coefficient (Wildman–Crippen LogP) is 5.49. The normalized spacial score (nSPS) is 10.8. The smallest absolute Gasteiger partial charge is 0.255 e. The first-order chi connectivity index (χ1) is 16.2. The lowest BCUT2D eigenvalue weighted by Crippen LogP contribution is -2.25. The minimum Gasteiger partial charge on any atom is -0.496 e. The van der Waals surface area contributed by atoms with Gasteiger partial charge in [0.05, 0.1) is 36.9 Å². The molecule has 0 bridgehead atoms. The van der Waals surface area contributed by atoms with E-state index in [1.165, 1.54) is 0 Å². The van der Waals surface area contributed by atoms with Crippen molar-refractivity contribution in [3.63, 3.8) is 0 Å². The monoisotopic (exact) mass is 463 g/mol. The zero-order valence-corrected chi connectivity index (χ0v) is 19.2. The third-order valence-electron chi connectivity index (χ3n) is 5.35. The fraction of sp³-hybridized carbons (Fsp3) is 0.231. The highest BCUT2D eigenvalue weighted by molar-refractivity contribution is 6.30. The summed E-state index contributed by atoms with van der Waals surface area (Å²) in [6.07, 6.45) is 1.81. The molecular formula is C26H26ClN3O3. The van der Waals surface area contributed by atoms with Crippen molar-refractivity contribution >= 4 is 28.5 Å². The van der Waals surface area contributed by atoms with Gasteiger partial charge in [0.15, 0.2) is 0 Å². The molecule has 6 nitrogen and oxygen atoms in total. The lowest BCUT2D eigenvalue weighted by molar-refractivity contribution is 0.0946. The molecule has 170 valence electrons. The van der Waals surface area contributed by atoms with Crippen molar-refractivity contribution in [2.75, 3.05) is 13.7 Å². The molecule has 7 heteroatoms. The number of fused-ring (bicyclic) bond motifs is 1. The van der Waals surface area contributed by atoms with E-state index in [0.717, 1.165) is 42.0 Å². The Hall–Kier alpha value is -3.51. The second-order valence-corrected chi connectivity index (χ2v) is 8.00. The van der Waals surface area contributed by atoms with Gasteiger partial charge in [-0.05, 0) is 61.4 Å². The van der Waals surface area contributed by atoms with Gasteiger partial charge in [0.2, 0.25) is 0 Å². The number of para-hydroxylation sites is 3. The van der Waals surface area contributed by atoms with E-state index >= 15 is 0 Å². The number of halogens is 1. The maximum atomic E-state index is 12.7. The molecule has 4 aromatic rings. The summed E-state index contributed by atoms with van der Waals surface area (Å²) < 4.78 is 13.3. The molecule has 0 aliphatic heterocycles. The van der Waals surface area contributed by atoms with E-state index < -0.39 is 0 Å². The number of rotatable bonds is 10. The molecule has 4 rings (SSSR count). The topological polar surface area (TPSA) is 65.4 Å². The molecule has 0 saturated carbocycles. The third kappa shape index (κ3) is 5.65. The molecule has 1 aromatic heterocycles. The van der Waals surface area contributed by atoms with Crippen LogP contribution in [0, 0.1) is 0 Å². The first kappa shape index (κ1) is 22.7. The van der Waals surface area contributed by atoms with Gasteiger partial charge in [-0.15, -0.1) is 0 Å². The number of imidazole rings is 1. The summed E-state index contributed by atoms with van der Waals surface area (Å²) in [5.74, 6) is 1.98. The van der Waals surface area contributed by atoms with E-state index in [-0.39, 0.29) is 5.91 Å². The summed E-state index contributed by atoms with van der Waals surface area (Å²) in [7, 11) is 1.56. The Balaban J connectivity index is 1.39. The number of nitrogens with one attached hydrogen (secondary N) is 1. The first-order valence-corrected chi connectivity index (χ1v) is 11.3. The molecular weight excluding hydrogens is 438 g/mol. The lowest BCUT2D eigenvalue weighted by Gasteiger charge is -2.12. The number of aromatic nitrogens is 2. The van der Waals surface area contributed by atoms with Crippen LogP contribution in [0.25, 0.3) is 11.0 Å². The second-order valence-electron chi connectivity index (χ2n) is 7.56. The van der Waals surface area contributed by atoms with Crippen LogP contribution in [0.1, 0.15) is 29.0 Å². The highest BCUT2D eigenvalue weighted by Crippen LogP contribution is 2.20. The Kier molecular flexibility index (Phi) is 7.47. The van der Waals surface area contributed by atoms with Gasteiger partial charge >= 0.3 is 0 Å². The van der Waals surface area contributed by atoms with Crippen LogP contribution in [0.3, 0.4) is 0 Å². The Labute approximate surface area is 198 Å². The quantitative estimate of drug-likeness (QED) is 0.316. The molecule has 1 N–H and O–H groups in total. The van der Waals surface area contributed by atoms with E-state index in [2.05, 4.69) is 16.0 Å². The Morgan fingerprint density at radius 1 is 1.00 bits per heavy atom. The summed E-state index contributed by atoms with van der Waals surface area (Å²) in [6.45, 7) is 1.73. The van der Waals surface area contributed by atoms with Gasteiger partial charge in [0, 0.05) is 11.6 Å². The van der Waals surface area contributed by atoms with Crippen LogP contribution in [-0.2, 0) is 13.1 Å². The molecule has 0 saturated heterocycles. The van der Waals surface area contributed by atoms with Gasteiger partial charge in [0.1, 0.15) is 17.3 Å². The van der Waals surface area contributed by atoms with Gasteiger partial charge < -0.3 is 19.4 Å². The number of amides is 1. The number of carbonyl (C=O) groups excluding carboxylic acids is 1. The van der Waals surface area contributed by atoms with Crippen LogP contribution in [0.2, 0.25) is 5.02 Å². The standard InChI is InChI=1S/C26H26ClN3O3/c1-32-24-11-5-2-8-21(24)26(31)28-18-25-29-22-9-3-4-10-23(22)30(25)16-6-7-17-33-20-14-12-19(27)13-15-20/h2-5,8-15H,6-7,16-18H2,1H3,(H,28,31). The number of aryl methyl sites for hydroxylation is 1. The zero-order valence-electron chi connectivity index (χ0n) is 18.5. The average molecular weight is 464 g/mol. The molecule has 0 aliphatic rings. The molecule has 0 atom stereocenters. The minimum atomic E-state index is -0.192. The van der Waals surface area contributed by atoms with E-state index in [0.29, 0.717) is 29.5 Å². The Morgan fingerprint density at radius 3 is 2.58 bits per heavy atom. The Morgan fingerprint density at radius 2 is 1.76 bits per heavy atom. The molecule has 3 aromatic carbocycles. The molecule has 33 heavy (non-hydrogen) atoms. The van der Waals surface area contributed by atoms with Crippen LogP contribution in [0.4, 0.5) is 0 Å². The molecule has 0 unspecified atom stereocenters. The summed E-state index contributed by atoms with van der Waals surface area (Å²) in [6, 6.07) is 22.6. The number of carbonyl (C=O) groups is 1. The summed E-state index contributed by atoms with van der Waals surface area (Å²) >= 11 is 5.91. The van der Waals surface area contributed by atoms with E-state index in [1.807, 2.05) is 54.6 Å². The van der Waals surface area contributed by atoms with E-state index in [1.54, 1.807) is 19.2 Å². The van der Waals surface area contributed by atoms with Crippen LogP contribution < -0.4 is 14.8 Å². The van der Waals surface area contributed by atoms with E-state index in [4.69, 9.17) is 26.1 Å². The third-order valence-corrected chi connectivity index (χ3v) is 5.60. The van der Waals surface area contributed by atoms with Crippen molar-refractivity contribution in [1.29, 1.82) is 0 Å². The highest BCUT2D eigenvalue weighted by atomic mass is 35.5. The predicted molar refractivity (Wildman–Crippen MR) is 130 cm³/mol. The van der Waals surface area contributed by atoms with Gasteiger partial charge in [-0.2, -0.15) is 0 Å². The second kappa shape index (κ2) is 10.9. The molecule has 0 radical (unpaired) electrons. The Bertz CT molecular complexity index is 1220. The number of unbranched alkanes of at least 4 members (excludes halogenated alkanes) is 1. The van der Waals surface area contributed by atoms with Gasteiger partial charge in [-0.1, -0.05) is 35.9 Å². The molecule has 0 aliphatic carbocycles. The number of ether oxygens (including phenoxy) is 2. The van der Waals surface area contributed by atoms with Crippen LogP contribution in [-0.4, -0.2) is 29.2 Å². The van der Waals surface area contributed by atoms with Crippen molar-refractivity contribution in [3.05, 3.63) is 89.2 Å². The van der Waals surface area contributed by atoms with E-state index in [9.17, 15) is 4.79 Å². The fourth-order valence-corrected chi connectivity index (χ4v) is 3.82. The summed E-state index contributed by atoms with van der Waals surface area (Å²) in [4.78, 5) is 17.5. The number of benzene rings is 3. The number of hydrogen-bond donors (Lipinski definition) is 1. The largest absolute Gasteiger partial charge is 0.496 e. The number of hydrogen-bond acceptors (Lipinski definition) is 4. The maximum Gasteiger partial charge on any atom is 0.255 e. The molecule has 0 spiro atoms. The first-order valence-electron chi connectivity index (χ1n) is 10.9. The maximum absolute atomic E-state index is 12.7. The fourth-order valence-electron chi connectivity index (χ4n) is 3.69. The number of nitrogens with zero attached hydrogens (tertiary/aromatic N) is 2. The van der Waals surface area contributed by atoms with Crippen molar-refractivity contribution in [1.82, 2.24) is 14.9 Å². The van der Waals surface area contributed by atoms with Crippen LogP contribution in [0.15, 0.2) is 72.8 Å². The van der Waals surface area contributed by atoms with Gasteiger partial charge in [-0.3, -0.25) is 4.79 Å². The summed E-state index contributed by atoms with van der Waals surface area (Å²) in [5, 5.41) is 3.68. The summed E-state index contributed by atoms with van der Waals surface area (Å²) in [5.41, 5.74) is 2.47. The van der Waals surface area contributed by atoms with Crippen molar-refractivity contribution < 1.29 is 14.3 Å². The van der Waals surface area contributed by atoms with Crippen molar-refractivity contribution in [3.8, 4) is 11.5 Å². The average Bonchev–Trinajstić information content (AvgIpc) is 3.21. The van der Waals surface area contributed by atoms with Crippen molar-refractivity contribution in [2.45, 2.75) is 25.9 Å². The zero-order chi connectivity index (χ0) is 23.0. The van der Waals surface area contributed by atoms with Crippen LogP contribution >= 0.6 is 11.6 Å². The minimum absolute atomic E-state index is 0.192. The molecule has 1 amide bonds. The van der Waals surface area contributed by atoms with Crippen LogP contribution in [0.5, 0.6) is 11.5 Å². The van der Waals surface area contributed by atoms with Crippen molar-refractivity contribution in [2.24, 2.45) is 0 Å². The van der Waals surface area contributed by atoms with Gasteiger partial charge in [-0.25, -0.2) is 4.98 Å².